The number of aromatic nitrogens is 4. The van der Waals surface area contributed by atoms with Crippen LogP contribution in [0, 0.1) is 0 Å². The standard InChI is InChI=1S/C14H14ClN5/c1-2-20-9-10(8-17-20)7-16-13-11-5-3-4-6-12(11)18-14(15)19-13/h3-6,8-9H,2,7H2,1H3,(H,16,18,19). The van der Waals surface area contributed by atoms with E-state index in [1.165, 1.54) is 0 Å². The second-order valence-corrected chi connectivity index (χ2v) is 4.75. The molecule has 0 aliphatic carbocycles. The summed E-state index contributed by atoms with van der Waals surface area (Å²) in [6.45, 7) is 3.57. The molecule has 0 spiro atoms. The van der Waals surface area contributed by atoms with Gasteiger partial charge in [0.1, 0.15) is 5.82 Å². The average Bonchev–Trinajstić information content (AvgIpc) is 2.92. The molecule has 0 saturated carbocycles. The van der Waals surface area contributed by atoms with Gasteiger partial charge in [0.25, 0.3) is 0 Å². The van der Waals surface area contributed by atoms with Gasteiger partial charge >= 0.3 is 0 Å². The zero-order chi connectivity index (χ0) is 13.9. The van der Waals surface area contributed by atoms with Crippen molar-refractivity contribution in [1.82, 2.24) is 19.7 Å². The molecule has 0 fully saturated rings. The molecule has 2 aromatic heterocycles. The Kier molecular flexibility index (Phi) is 3.52. The SMILES string of the molecule is CCn1cc(CNc2nc(Cl)nc3ccccc23)cn1. The molecule has 0 saturated heterocycles. The highest BCUT2D eigenvalue weighted by Gasteiger charge is 2.06. The van der Waals surface area contributed by atoms with Crippen LogP contribution in [0.2, 0.25) is 5.28 Å². The van der Waals surface area contributed by atoms with Crippen molar-refractivity contribution in [2.24, 2.45) is 0 Å². The Hall–Kier alpha value is -2.14. The topological polar surface area (TPSA) is 55.6 Å². The number of hydrogen-bond acceptors (Lipinski definition) is 4. The molecular formula is C14H14ClN5. The Balaban J connectivity index is 1.86. The minimum absolute atomic E-state index is 0.246. The predicted molar refractivity (Wildman–Crippen MR) is 79.8 cm³/mol. The maximum Gasteiger partial charge on any atom is 0.224 e. The first-order chi connectivity index (χ1) is 9.76. The van der Waals surface area contributed by atoms with Crippen LogP contribution in [0.3, 0.4) is 0 Å². The van der Waals surface area contributed by atoms with E-state index in [2.05, 4.69) is 27.3 Å². The van der Waals surface area contributed by atoms with E-state index in [1.54, 1.807) is 0 Å². The highest BCUT2D eigenvalue weighted by molar-refractivity contribution is 6.28. The summed E-state index contributed by atoms with van der Waals surface area (Å²) in [5.41, 5.74) is 1.94. The number of fused-ring (bicyclic) bond motifs is 1. The summed E-state index contributed by atoms with van der Waals surface area (Å²) >= 11 is 5.95. The van der Waals surface area contributed by atoms with Crippen molar-refractivity contribution >= 4 is 28.3 Å². The van der Waals surface area contributed by atoms with E-state index >= 15 is 0 Å². The number of nitrogens with zero attached hydrogens (tertiary/aromatic N) is 4. The Morgan fingerprint density at radius 2 is 2.10 bits per heavy atom. The van der Waals surface area contributed by atoms with Gasteiger partial charge in [-0.3, -0.25) is 4.68 Å². The first kappa shape index (κ1) is 12.9. The fourth-order valence-electron chi connectivity index (χ4n) is 2.04. The van der Waals surface area contributed by atoms with E-state index in [0.29, 0.717) is 6.54 Å². The molecule has 1 N–H and O–H groups in total. The van der Waals surface area contributed by atoms with Crippen LogP contribution in [0.25, 0.3) is 10.9 Å². The number of benzene rings is 1. The normalized spacial score (nSPS) is 10.9. The van der Waals surface area contributed by atoms with Crippen LogP contribution < -0.4 is 5.32 Å². The molecular weight excluding hydrogens is 274 g/mol. The van der Waals surface area contributed by atoms with Gasteiger partial charge in [-0.2, -0.15) is 5.10 Å². The van der Waals surface area contributed by atoms with Gasteiger partial charge < -0.3 is 5.32 Å². The molecule has 0 unspecified atom stereocenters. The molecule has 5 nitrogen and oxygen atoms in total. The van der Waals surface area contributed by atoms with Crippen LogP contribution in [0.4, 0.5) is 5.82 Å². The Bertz CT molecular complexity index is 737. The molecule has 0 aliphatic rings. The van der Waals surface area contributed by atoms with Gasteiger partial charge in [-0.1, -0.05) is 12.1 Å². The molecule has 0 amide bonds. The number of rotatable bonds is 4. The lowest BCUT2D eigenvalue weighted by Crippen LogP contribution is -2.02. The van der Waals surface area contributed by atoms with Crippen molar-refractivity contribution in [2.45, 2.75) is 20.0 Å². The zero-order valence-corrected chi connectivity index (χ0v) is 11.8. The number of para-hydroxylation sites is 1. The molecule has 0 aliphatic heterocycles. The van der Waals surface area contributed by atoms with Gasteiger partial charge in [-0.25, -0.2) is 9.97 Å². The predicted octanol–water partition coefficient (Wildman–Crippen LogP) is 3.11. The number of hydrogen-bond donors (Lipinski definition) is 1. The minimum Gasteiger partial charge on any atom is -0.365 e. The first-order valence-electron chi connectivity index (χ1n) is 6.43. The Labute approximate surface area is 121 Å². The van der Waals surface area contributed by atoms with Crippen molar-refractivity contribution in [2.75, 3.05) is 5.32 Å². The van der Waals surface area contributed by atoms with E-state index in [0.717, 1.165) is 28.8 Å². The van der Waals surface area contributed by atoms with Crippen molar-refractivity contribution < 1.29 is 0 Å². The van der Waals surface area contributed by atoms with E-state index in [-0.39, 0.29) is 5.28 Å². The van der Waals surface area contributed by atoms with Crippen LogP contribution in [0.1, 0.15) is 12.5 Å². The molecule has 0 bridgehead atoms. The smallest absolute Gasteiger partial charge is 0.224 e. The number of nitrogens with one attached hydrogen (secondary N) is 1. The maximum atomic E-state index is 5.95. The minimum atomic E-state index is 0.246. The highest BCUT2D eigenvalue weighted by atomic mass is 35.5. The average molecular weight is 288 g/mol. The van der Waals surface area contributed by atoms with Gasteiger partial charge in [0.05, 0.1) is 11.7 Å². The molecule has 2 heterocycles. The molecule has 0 radical (unpaired) electrons. The number of anilines is 1. The second kappa shape index (κ2) is 5.46. The van der Waals surface area contributed by atoms with Crippen molar-refractivity contribution in [3.05, 3.63) is 47.5 Å². The quantitative estimate of drug-likeness (QED) is 0.749. The highest BCUT2D eigenvalue weighted by Crippen LogP contribution is 2.22. The third-order valence-corrected chi connectivity index (χ3v) is 3.22. The maximum absolute atomic E-state index is 5.95. The van der Waals surface area contributed by atoms with E-state index in [9.17, 15) is 0 Å². The lowest BCUT2D eigenvalue weighted by atomic mass is 10.2. The summed E-state index contributed by atoms with van der Waals surface area (Å²) in [7, 11) is 0. The monoisotopic (exact) mass is 287 g/mol. The molecule has 3 rings (SSSR count). The molecule has 6 heteroatoms. The van der Waals surface area contributed by atoms with E-state index in [1.807, 2.05) is 41.3 Å². The third-order valence-electron chi connectivity index (χ3n) is 3.05. The zero-order valence-electron chi connectivity index (χ0n) is 11.0. The van der Waals surface area contributed by atoms with Crippen LogP contribution >= 0.6 is 11.6 Å². The van der Waals surface area contributed by atoms with Crippen LogP contribution in [0.15, 0.2) is 36.7 Å². The van der Waals surface area contributed by atoms with Crippen LogP contribution in [-0.4, -0.2) is 19.7 Å². The lowest BCUT2D eigenvalue weighted by Gasteiger charge is -2.07. The summed E-state index contributed by atoms with van der Waals surface area (Å²) in [5.74, 6) is 0.741. The Morgan fingerprint density at radius 3 is 2.90 bits per heavy atom. The third kappa shape index (κ3) is 2.58. The van der Waals surface area contributed by atoms with Crippen LogP contribution in [-0.2, 0) is 13.1 Å². The molecule has 0 atom stereocenters. The van der Waals surface area contributed by atoms with Crippen molar-refractivity contribution in [3.8, 4) is 0 Å². The number of halogens is 1. The first-order valence-corrected chi connectivity index (χ1v) is 6.81. The van der Waals surface area contributed by atoms with Gasteiger partial charge in [0.15, 0.2) is 0 Å². The summed E-state index contributed by atoms with van der Waals surface area (Å²) in [5, 5.41) is 8.74. The van der Waals surface area contributed by atoms with E-state index in [4.69, 9.17) is 11.6 Å². The molecule has 102 valence electrons. The van der Waals surface area contributed by atoms with Crippen molar-refractivity contribution in [1.29, 1.82) is 0 Å². The van der Waals surface area contributed by atoms with Gasteiger partial charge in [-0.05, 0) is 30.7 Å². The number of aryl methyl sites for hydroxylation is 1. The fraction of sp³-hybridized carbons (Fsp3) is 0.214. The summed E-state index contributed by atoms with van der Waals surface area (Å²) in [6.07, 6.45) is 3.86. The lowest BCUT2D eigenvalue weighted by molar-refractivity contribution is 0.659. The summed E-state index contributed by atoms with van der Waals surface area (Å²) in [4.78, 5) is 8.47. The van der Waals surface area contributed by atoms with Gasteiger partial charge in [-0.15, -0.1) is 0 Å². The van der Waals surface area contributed by atoms with Crippen molar-refractivity contribution in [3.63, 3.8) is 0 Å². The Morgan fingerprint density at radius 1 is 1.25 bits per heavy atom. The molecule has 3 aromatic rings. The fourth-order valence-corrected chi connectivity index (χ4v) is 2.21. The van der Waals surface area contributed by atoms with E-state index < -0.39 is 0 Å². The summed E-state index contributed by atoms with van der Waals surface area (Å²) in [6, 6.07) is 7.78. The second-order valence-electron chi connectivity index (χ2n) is 4.42. The molecule has 1 aromatic carbocycles. The van der Waals surface area contributed by atoms with Gasteiger partial charge in [0, 0.05) is 30.2 Å². The van der Waals surface area contributed by atoms with Gasteiger partial charge in [0.2, 0.25) is 5.28 Å². The largest absolute Gasteiger partial charge is 0.365 e. The summed E-state index contributed by atoms with van der Waals surface area (Å²) < 4.78 is 1.89. The molecule has 20 heavy (non-hydrogen) atoms. The van der Waals surface area contributed by atoms with Crippen LogP contribution in [0.5, 0.6) is 0 Å².